The fourth-order valence-electron chi connectivity index (χ4n) is 2.78. The van der Waals surface area contributed by atoms with E-state index in [1.165, 1.54) is 11.3 Å². The average Bonchev–Trinajstić information content (AvgIpc) is 2.49. The van der Waals surface area contributed by atoms with E-state index in [1.54, 1.807) is 0 Å². The maximum atomic E-state index is 6.33. The van der Waals surface area contributed by atoms with Crippen LogP contribution in [0.2, 0.25) is 10.0 Å². The van der Waals surface area contributed by atoms with Crippen LogP contribution in [0.4, 0.5) is 5.69 Å². The summed E-state index contributed by atoms with van der Waals surface area (Å²) in [5, 5.41) is 4.77. The van der Waals surface area contributed by atoms with E-state index in [0.29, 0.717) is 10.0 Å². The van der Waals surface area contributed by atoms with Gasteiger partial charge in [-0.1, -0.05) is 41.4 Å². The number of anilines is 1. The number of benzene rings is 2. The summed E-state index contributed by atoms with van der Waals surface area (Å²) in [5.41, 5.74) is 4.54. The second-order valence-electron chi connectivity index (χ2n) is 5.33. The first-order chi connectivity index (χ1) is 10.2. The first-order valence-corrected chi connectivity index (χ1v) is 7.93. The number of aryl methyl sites for hydroxylation is 1. The molecule has 21 heavy (non-hydrogen) atoms. The number of hydrogen-bond acceptors (Lipinski definition) is 2. The topological polar surface area (TPSA) is 15.3 Å². The summed E-state index contributed by atoms with van der Waals surface area (Å²) in [4.78, 5) is 2.42. The molecule has 1 heterocycles. The molecule has 0 saturated carbocycles. The molecule has 0 bridgehead atoms. The lowest BCUT2D eigenvalue weighted by Crippen LogP contribution is -2.43. The average molecular weight is 321 g/mol. The zero-order chi connectivity index (χ0) is 14.8. The Balaban J connectivity index is 2.05. The molecule has 0 amide bonds. The molecule has 2 nitrogen and oxygen atoms in total. The first-order valence-electron chi connectivity index (χ1n) is 7.17. The molecule has 1 aliphatic rings. The van der Waals surface area contributed by atoms with E-state index in [1.807, 2.05) is 18.2 Å². The Bertz CT molecular complexity index is 629. The zero-order valence-corrected chi connectivity index (χ0v) is 13.5. The molecule has 2 aromatic carbocycles. The monoisotopic (exact) mass is 320 g/mol. The van der Waals surface area contributed by atoms with Crippen molar-refractivity contribution in [2.45, 2.75) is 6.92 Å². The third-order valence-electron chi connectivity index (χ3n) is 3.92. The van der Waals surface area contributed by atoms with Crippen LogP contribution in [0.3, 0.4) is 0 Å². The van der Waals surface area contributed by atoms with Crippen molar-refractivity contribution >= 4 is 28.9 Å². The van der Waals surface area contributed by atoms with Crippen LogP contribution in [0.25, 0.3) is 11.1 Å². The molecule has 1 saturated heterocycles. The van der Waals surface area contributed by atoms with Gasteiger partial charge < -0.3 is 10.2 Å². The molecule has 0 atom stereocenters. The second-order valence-corrected chi connectivity index (χ2v) is 6.15. The predicted molar refractivity (Wildman–Crippen MR) is 91.7 cm³/mol. The quantitative estimate of drug-likeness (QED) is 0.883. The lowest BCUT2D eigenvalue weighted by molar-refractivity contribution is 0.588. The Labute approximate surface area is 135 Å². The summed E-state index contributed by atoms with van der Waals surface area (Å²) >= 11 is 12.7. The number of halogens is 2. The lowest BCUT2D eigenvalue weighted by atomic mass is 10.0. The highest BCUT2D eigenvalue weighted by Crippen LogP contribution is 2.37. The summed E-state index contributed by atoms with van der Waals surface area (Å²) < 4.78 is 0. The standard InChI is InChI=1S/C17H18Cl2N2/c1-12-5-6-13(17-14(18)3-2-4-15(17)19)11-16(12)21-9-7-20-8-10-21/h2-6,11,20H,7-10H2,1H3. The Kier molecular flexibility index (Phi) is 4.39. The minimum Gasteiger partial charge on any atom is -0.369 e. The van der Waals surface area contributed by atoms with Crippen LogP contribution in [0.1, 0.15) is 5.56 Å². The van der Waals surface area contributed by atoms with Crippen molar-refractivity contribution in [3.63, 3.8) is 0 Å². The number of hydrogen-bond donors (Lipinski definition) is 1. The third-order valence-corrected chi connectivity index (χ3v) is 4.55. The zero-order valence-electron chi connectivity index (χ0n) is 12.0. The Morgan fingerprint density at radius 2 is 1.67 bits per heavy atom. The largest absolute Gasteiger partial charge is 0.369 e. The molecular formula is C17H18Cl2N2. The third kappa shape index (κ3) is 3.03. The maximum absolute atomic E-state index is 6.33. The Morgan fingerprint density at radius 1 is 1.00 bits per heavy atom. The molecular weight excluding hydrogens is 303 g/mol. The molecule has 0 aromatic heterocycles. The lowest BCUT2D eigenvalue weighted by Gasteiger charge is -2.31. The molecule has 2 aromatic rings. The van der Waals surface area contributed by atoms with Crippen LogP contribution in [-0.2, 0) is 0 Å². The summed E-state index contributed by atoms with van der Waals surface area (Å²) in [5.74, 6) is 0. The molecule has 0 unspecified atom stereocenters. The van der Waals surface area contributed by atoms with Gasteiger partial charge in [-0.05, 0) is 36.2 Å². The molecule has 3 rings (SSSR count). The normalized spacial score (nSPS) is 15.3. The fourth-order valence-corrected chi connectivity index (χ4v) is 3.40. The molecule has 1 N–H and O–H groups in total. The van der Waals surface area contributed by atoms with Crippen molar-refractivity contribution in [1.82, 2.24) is 5.32 Å². The minimum absolute atomic E-state index is 0.692. The van der Waals surface area contributed by atoms with Crippen molar-refractivity contribution in [2.24, 2.45) is 0 Å². The van der Waals surface area contributed by atoms with Crippen LogP contribution in [-0.4, -0.2) is 26.2 Å². The van der Waals surface area contributed by atoms with Gasteiger partial charge in [-0.2, -0.15) is 0 Å². The van der Waals surface area contributed by atoms with Gasteiger partial charge in [0.25, 0.3) is 0 Å². The highest BCUT2D eigenvalue weighted by molar-refractivity contribution is 6.39. The van der Waals surface area contributed by atoms with Gasteiger partial charge in [0.15, 0.2) is 0 Å². The summed E-state index contributed by atoms with van der Waals surface area (Å²) in [6.07, 6.45) is 0. The van der Waals surface area contributed by atoms with Crippen molar-refractivity contribution in [1.29, 1.82) is 0 Å². The molecule has 0 radical (unpaired) electrons. The van der Waals surface area contributed by atoms with Gasteiger partial charge in [0, 0.05) is 47.5 Å². The van der Waals surface area contributed by atoms with E-state index >= 15 is 0 Å². The number of nitrogens with zero attached hydrogens (tertiary/aromatic N) is 1. The number of rotatable bonds is 2. The van der Waals surface area contributed by atoms with Gasteiger partial charge in [-0.15, -0.1) is 0 Å². The van der Waals surface area contributed by atoms with E-state index in [9.17, 15) is 0 Å². The highest BCUT2D eigenvalue weighted by atomic mass is 35.5. The van der Waals surface area contributed by atoms with Crippen molar-refractivity contribution < 1.29 is 0 Å². The van der Waals surface area contributed by atoms with Crippen molar-refractivity contribution in [3.8, 4) is 11.1 Å². The van der Waals surface area contributed by atoms with E-state index in [4.69, 9.17) is 23.2 Å². The van der Waals surface area contributed by atoms with Crippen LogP contribution in [0, 0.1) is 6.92 Å². The van der Waals surface area contributed by atoms with E-state index < -0.39 is 0 Å². The van der Waals surface area contributed by atoms with Crippen molar-refractivity contribution in [3.05, 3.63) is 52.0 Å². The fraction of sp³-hybridized carbons (Fsp3) is 0.294. The van der Waals surface area contributed by atoms with Crippen LogP contribution < -0.4 is 10.2 Å². The molecule has 0 spiro atoms. The maximum Gasteiger partial charge on any atom is 0.0499 e. The summed E-state index contributed by atoms with van der Waals surface area (Å²) in [6, 6.07) is 12.1. The van der Waals surface area contributed by atoms with Gasteiger partial charge in [-0.25, -0.2) is 0 Å². The van der Waals surface area contributed by atoms with Gasteiger partial charge in [-0.3, -0.25) is 0 Å². The van der Waals surface area contributed by atoms with E-state index in [0.717, 1.165) is 37.3 Å². The molecule has 0 aliphatic carbocycles. The first kappa shape index (κ1) is 14.7. The molecule has 4 heteroatoms. The highest BCUT2D eigenvalue weighted by Gasteiger charge is 2.15. The van der Waals surface area contributed by atoms with Crippen LogP contribution in [0.15, 0.2) is 36.4 Å². The van der Waals surface area contributed by atoms with Crippen molar-refractivity contribution in [2.75, 3.05) is 31.1 Å². The number of nitrogens with one attached hydrogen (secondary N) is 1. The molecule has 110 valence electrons. The van der Waals surface area contributed by atoms with Crippen LogP contribution >= 0.6 is 23.2 Å². The summed E-state index contributed by atoms with van der Waals surface area (Å²) in [6.45, 7) is 6.25. The Morgan fingerprint density at radius 3 is 2.33 bits per heavy atom. The number of piperazine rings is 1. The summed E-state index contributed by atoms with van der Waals surface area (Å²) in [7, 11) is 0. The van der Waals surface area contributed by atoms with Gasteiger partial charge >= 0.3 is 0 Å². The van der Waals surface area contributed by atoms with Gasteiger partial charge in [0.1, 0.15) is 0 Å². The predicted octanol–water partition coefficient (Wildman–Crippen LogP) is 4.38. The molecule has 1 fully saturated rings. The smallest absolute Gasteiger partial charge is 0.0499 e. The van der Waals surface area contributed by atoms with Gasteiger partial charge in [0.05, 0.1) is 0 Å². The van der Waals surface area contributed by atoms with Crippen LogP contribution in [0.5, 0.6) is 0 Å². The second kappa shape index (κ2) is 6.27. The van der Waals surface area contributed by atoms with Gasteiger partial charge in [0.2, 0.25) is 0 Å². The SMILES string of the molecule is Cc1ccc(-c2c(Cl)cccc2Cl)cc1N1CCNCC1. The molecule has 1 aliphatic heterocycles. The van der Waals surface area contributed by atoms with E-state index in [-0.39, 0.29) is 0 Å². The minimum atomic E-state index is 0.692. The van der Waals surface area contributed by atoms with E-state index in [2.05, 4.69) is 35.3 Å². The Hall–Kier alpha value is -1.22.